The van der Waals surface area contributed by atoms with Crippen LogP contribution in [-0.2, 0) is 4.79 Å². The first-order valence-corrected chi connectivity index (χ1v) is 8.28. The van der Waals surface area contributed by atoms with Crippen LogP contribution in [0.1, 0.15) is 20.8 Å². The highest BCUT2D eigenvalue weighted by molar-refractivity contribution is 6.33. The Morgan fingerprint density at radius 2 is 1.76 bits per heavy atom. The first kappa shape index (κ1) is 17.2. The van der Waals surface area contributed by atoms with Gasteiger partial charge < -0.3 is 9.73 Å². The number of hydrogen-bond acceptors (Lipinski definition) is 3. The topological polar surface area (TPSA) is 59.3 Å². The molecule has 1 N–H and O–H groups in total. The van der Waals surface area contributed by atoms with Gasteiger partial charge in [0.2, 0.25) is 5.91 Å². The van der Waals surface area contributed by atoms with Crippen LogP contribution in [0.15, 0.2) is 57.7 Å². The standard InChI is InChI=1S/C20H18ClNO3/c1-20(2,3)19(24)22-13-8-9-14(16(21)11-13)15-10-12-6-4-5-7-17(12)25-18(15)23/h4-11H,1-3H3,(H,22,24). The summed E-state index contributed by atoms with van der Waals surface area (Å²) in [6.07, 6.45) is 0. The van der Waals surface area contributed by atoms with Crippen molar-refractivity contribution in [2.75, 3.05) is 5.32 Å². The van der Waals surface area contributed by atoms with Crippen LogP contribution in [0.2, 0.25) is 5.02 Å². The van der Waals surface area contributed by atoms with Crippen LogP contribution in [0.3, 0.4) is 0 Å². The third-order valence-corrected chi connectivity index (χ3v) is 4.15. The molecule has 0 bridgehead atoms. The van der Waals surface area contributed by atoms with E-state index in [2.05, 4.69) is 5.32 Å². The number of nitrogens with one attached hydrogen (secondary N) is 1. The second-order valence-corrected chi connectivity index (χ2v) is 7.29. The third kappa shape index (κ3) is 3.59. The molecular formula is C20H18ClNO3. The number of halogens is 1. The molecule has 1 amide bonds. The highest BCUT2D eigenvalue weighted by Gasteiger charge is 2.21. The van der Waals surface area contributed by atoms with E-state index < -0.39 is 11.0 Å². The van der Waals surface area contributed by atoms with E-state index in [1.54, 1.807) is 30.3 Å². The molecule has 0 aliphatic rings. The van der Waals surface area contributed by atoms with Gasteiger partial charge in [0.15, 0.2) is 0 Å². The van der Waals surface area contributed by atoms with E-state index in [1.165, 1.54) is 0 Å². The zero-order valence-electron chi connectivity index (χ0n) is 14.2. The molecule has 25 heavy (non-hydrogen) atoms. The Hall–Kier alpha value is -2.59. The molecule has 5 heteroatoms. The van der Waals surface area contributed by atoms with Crippen molar-refractivity contribution in [2.45, 2.75) is 20.8 Å². The molecule has 0 spiro atoms. The summed E-state index contributed by atoms with van der Waals surface area (Å²) in [6, 6.07) is 14.1. The smallest absolute Gasteiger partial charge is 0.344 e. The van der Waals surface area contributed by atoms with E-state index in [1.807, 2.05) is 39.0 Å². The number of hydrogen-bond donors (Lipinski definition) is 1. The summed E-state index contributed by atoms with van der Waals surface area (Å²) in [5.74, 6) is -0.110. The molecule has 1 aromatic heterocycles. The molecule has 0 radical (unpaired) electrons. The van der Waals surface area contributed by atoms with Crippen LogP contribution in [0.25, 0.3) is 22.1 Å². The van der Waals surface area contributed by atoms with Crippen molar-refractivity contribution in [3.8, 4) is 11.1 Å². The second-order valence-electron chi connectivity index (χ2n) is 6.88. The first-order valence-electron chi connectivity index (χ1n) is 7.90. The van der Waals surface area contributed by atoms with Gasteiger partial charge in [0.05, 0.1) is 10.6 Å². The van der Waals surface area contributed by atoms with Gasteiger partial charge in [-0.3, -0.25) is 4.79 Å². The minimum atomic E-state index is -0.509. The lowest BCUT2D eigenvalue weighted by molar-refractivity contribution is -0.123. The van der Waals surface area contributed by atoms with Crippen LogP contribution in [0.4, 0.5) is 5.69 Å². The highest BCUT2D eigenvalue weighted by atomic mass is 35.5. The Labute approximate surface area is 150 Å². The summed E-state index contributed by atoms with van der Waals surface area (Å²) in [6.45, 7) is 5.50. The number of amides is 1. The van der Waals surface area contributed by atoms with Crippen LogP contribution < -0.4 is 10.9 Å². The highest BCUT2D eigenvalue weighted by Crippen LogP contribution is 2.30. The van der Waals surface area contributed by atoms with E-state index in [0.29, 0.717) is 27.4 Å². The molecule has 0 aliphatic carbocycles. The van der Waals surface area contributed by atoms with Crippen LogP contribution >= 0.6 is 11.6 Å². The van der Waals surface area contributed by atoms with Crippen molar-refractivity contribution < 1.29 is 9.21 Å². The van der Waals surface area contributed by atoms with Crippen molar-refractivity contribution in [3.63, 3.8) is 0 Å². The normalized spacial score (nSPS) is 11.5. The fourth-order valence-electron chi connectivity index (χ4n) is 2.38. The number of benzene rings is 2. The summed E-state index contributed by atoms with van der Waals surface area (Å²) in [5, 5.41) is 4.01. The molecule has 4 nitrogen and oxygen atoms in total. The zero-order valence-corrected chi connectivity index (χ0v) is 15.0. The van der Waals surface area contributed by atoms with E-state index in [9.17, 15) is 9.59 Å². The van der Waals surface area contributed by atoms with Gasteiger partial charge in [-0.2, -0.15) is 0 Å². The maximum Gasteiger partial charge on any atom is 0.344 e. The molecule has 0 aliphatic heterocycles. The van der Waals surface area contributed by atoms with Gasteiger partial charge in [-0.25, -0.2) is 4.79 Å². The fraction of sp³-hybridized carbons (Fsp3) is 0.200. The average Bonchev–Trinajstić information content (AvgIpc) is 2.54. The quantitative estimate of drug-likeness (QED) is 0.651. The molecule has 0 saturated heterocycles. The summed E-state index contributed by atoms with van der Waals surface area (Å²) in [7, 11) is 0. The number of para-hydroxylation sites is 1. The van der Waals surface area contributed by atoms with Crippen molar-refractivity contribution in [1.82, 2.24) is 0 Å². The maximum atomic E-state index is 12.3. The van der Waals surface area contributed by atoms with Crippen molar-refractivity contribution in [1.29, 1.82) is 0 Å². The Kier molecular flexibility index (Phi) is 4.39. The van der Waals surface area contributed by atoms with Crippen molar-refractivity contribution >= 4 is 34.2 Å². The molecule has 0 fully saturated rings. The molecule has 0 atom stereocenters. The summed E-state index contributed by atoms with van der Waals surface area (Å²) in [4.78, 5) is 24.4. The van der Waals surface area contributed by atoms with Crippen LogP contribution in [0, 0.1) is 5.41 Å². The molecule has 3 rings (SSSR count). The number of anilines is 1. The summed E-state index contributed by atoms with van der Waals surface area (Å²) < 4.78 is 5.36. The third-order valence-electron chi connectivity index (χ3n) is 3.84. The molecule has 128 valence electrons. The van der Waals surface area contributed by atoms with Gasteiger partial charge in [0.1, 0.15) is 5.58 Å². The fourth-order valence-corrected chi connectivity index (χ4v) is 2.66. The van der Waals surface area contributed by atoms with Gasteiger partial charge in [-0.15, -0.1) is 0 Å². The Morgan fingerprint density at radius 1 is 1.04 bits per heavy atom. The van der Waals surface area contributed by atoms with E-state index >= 15 is 0 Å². The van der Waals surface area contributed by atoms with Crippen LogP contribution in [0.5, 0.6) is 0 Å². The Balaban J connectivity index is 2.00. The zero-order chi connectivity index (χ0) is 18.2. The Bertz CT molecular complexity index is 1020. The monoisotopic (exact) mass is 355 g/mol. The average molecular weight is 356 g/mol. The Morgan fingerprint density at radius 3 is 2.44 bits per heavy atom. The van der Waals surface area contributed by atoms with Crippen molar-refractivity contribution in [3.05, 3.63) is 64.0 Å². The molecule has 2 aromatic carbocycles. The lowest BCUT2D eigenvalue weighted by Crippen LogP contribution is -2.27. The molecular weight excluding hydrogens is 338 g/mol. The molecule has 0 unspecified atom stereocenters. The van der Waals surface area contributed by atoms with Crippen molar-refractivity contribution in [2.24, 2.45) is 5.41 Å². The number of fused-ring (bicyclic) bond motifs is 1. The minimum absolute atomic E-state index is 0.110. The number of rotatable bonds is 2. The predicted octanol–water partition coefficient (Wildman–Crippen LogP) is 5.10. The minimum Gasteiger partial charge on any atom is -0.422 e. The predicted molar refractivity (Wildman–Crippen MR) is 101 cm³/mol. The van der Waals surface area contributed by atoms with Gasteiger partial charge in [0.25, 0.3) is 0 Å². The number of carbonyl (C=O) groups is 1. The van der Waals surface area contributed by atoms with Gasteiger partial charge in [0, 0.05) is 22.1 Å². The van der Waals surface area contributed by atoms with Gasteiger partial charge >= 0.3 is 5.63 Å². The van der Waals surface area contributed by atoms with E-state index in [4.69, 9.17) is 16.0 Å². The lowest BCUT2D eigenvalue weighted by atomic mass is 9.95. The summed E-state index contributed by atoms with van der Waals surface area (Å²) >= 11 is 6.35. The first-order chi connectivity index (χ1) is 11.8. The lowest BCUT2D eigenvalue weighted by Gasteiger charge is -2.18. The second kappa shape index (κ2) is 6.37. The number of carbonyl (C=O) groups excluding carboxylic acids is 1. The van der Waals surface area contributed by atoms with Gasteiger partial charge in [-0.1, -0.05) is 56.6 Å². The molecule has 1 heterocycles. The van der Waals surface area contributed by atoms with E-state index in [-0.39, 0.29) is 5.91 Å². The largest absolute Gasteiger partial charge is 0.422 e. The SMILES string of the molecule is CC(C)(C)C(=O)Nc1ccc(-c2cc3ccccc3oc2=O)c(Cl)c1. The maximum absolute atomic E-state index is 12.3. The van der Waals surface area contributed by atoms with E-state index in [0.717, 1.165) is 5.39 Å². The molecule has 0 saturated carbocycles. The molecule has 3 aromatic rings. The summed E-state index contributed by atoms with van der Waals surface area (Å²) in [5.41, 5.74) is 1.10. The van der Waals surface area contributed by atoms with Gasteiger partial charge in [-0.05, 0) is 24.3 Å². The van der Waals surface area contributed by atoms with Crippen LogP contribution in [-0.4, -0.2) is 5.91 Å².